The Morgan fingerprint density at radius 2 is 1.47 bits per heavy atom. The highest BCUT2D eigenvalue weighted by Crippen LogP contribution is 2.36. The van der Waals surface area contributed by atoms with Crippen LogP contribution in [0.3, 0.4) is 0 Å². The molecule has 0 atom stereocenters. The van der Waals surface area contributed by atoms with Crippen LogP contribution in [0, 0.1) is 5.92 Å². The highest BCUT2D eigenvalue weighted by molar-refractivity contribution is 5.30. The van der Waals surface area contributed by atoms with Crippen molar-refractivity contribution in [2.24, 2.45) is 11.7 Å². The number of alkyl halides is 2. The van der Waals surface area contributed by atoms with Gasteiger partial charge in [0.25, 0.3) is 5.92 Å². The van der Waals surface area contributed by atoms with Crippen LogP contribution in [0.1, 0.15) is 38.8 Å². The van der Waals surface area contributed by atoms with Crippen molar-refractivity contribution in [2.75, 3.05) is 6.54 Å². The summed E-state index contributed by atoms with van der Waals surface area (Å²) in [6.07, 6.45) is 0. The molecule has 1 nitrogen and oxygen atoms in total. The highest BCUT2D eigenvalue weighted by Gasteiger charge is 2.35. The third-order valence-electron chi connectivity index (χ3n) is 3.29. The van der Waals surface area contributed by atoms with Gasteiger partial charge < -0.3 is 5.73 Å². The normalized spacial score (nSPS) is 13.2. The summed E-state index contributed by atoms with van der Waals surface area (Å²) in [5.41, 5.74) is 6.55. The van der Waals surface area contributed by atoms with Crippen molar-refractivity contribution in [3.63, 3.8) is 0 Å². The van der Waals surface area contributed by atoms with Crippen LogP contribution >= 0.6 is 0 Å². The number of rotatable bonds is 4. The molecule has 0 saturated heterocycles. The molecule has 0 saturated carbocycles. The molecule has 0 fully saturated rings. The lowest BCUT2D eigenvalue weighted by Crippen LogP contribution is -2.28. The van der Waals surface area contributed by atoms with E-state index in [2.05, 4.69) is 0 Å². The van der Waals surface area contributed by atoms with E-state index in [9.17, 15) is 8.78 Å². The van der Waals surface area contributed by atoms with Gasteiger partial charge in [-0.3, -0.25) is 0 Å². The zero-order valence-corrected chi connectivity index (χ0v) is 10.9. The lowest BCUT2D eigenvalue weighted by molar-refractivity contribution is -0.0514. The summed E-state index contributed by atoms with van der Waals surface area (Å²) in [7, 11) is 0. The van der Waals surface area contributed by atoms with Crippen LogP contribution in [-0.2, 0) is 11.3 Å². The molecule has 0 aliphatic heterocycles. The van der Waals surface area contributed by atoms with Gasteiger partial charge in [0.2, 0.25) is 0 Å². The van der Waals surface area contributed by atoms with E-state index in [1.165, 1.54) is 26.0 Å². The van der Waals surface area contributed by atoms with E-state index in [0.29, 0.717) is 6.54 Å². The largest absolute Gasteiger partial charge is 0.330 e. The number of halogens is 2. The van der Waals surface area contributed by atoms with Crippen LogP contribution in [0.2, 0.25) is 0 Å². The smallest absolute Gasteiger partial charge is 0.275 e. The minimum atomic E-state index is -2.77. The molecule has 0 aromatic heterocycles. The molecular formula is C14H21F2N. The summed E-state index contributed by atoms with van der Waals surface area (Å²) in [6, 6.07) is 6.51. The van der Waals surface area contributed by atoms with E-state index in [1.807, 2.05) is 13.8 Å². The minimum Gasteiger partial charge on any atom is -0.330 e. The van der Waals surface area contributed by atoms with Crippen molar-refractivity contribution in [2.45, 2.75) is 39.0 Å². The second kappa shape index (κ2) is 4.73. The molecule has 1 aromatic rings. The maximum Gasteiger partial charge on any atom is 0.275 e. The third-order valence-corrected chi connectivity index (χ3v) is 3.29. The Kier molecular flexibility index (Phi) is 3.92. The highest BCUT2D eigenvalue weighted by atomic mass is 19.3. The van der Waals surface area contributed by atoms with Gasteiger partial charge in [0.1, 0.15) is 0 Å². The molecule has 0 bridgehead atoms. The van der Waals surface area contributed by atoms with Gasteiger partial charge >= 0.3 is 0 Å². The number of hydrogen-bond acceptors (Lipinski definition) is 1. The lowest BCUT2D eigenvalue weighted by Gasteiger charge is -2.25. The van der Waals surface area contributed by atoms with Crippen LogP contribution in [0.4, 0.5) is 8.78 Å². The summed E-state index contributed by atoms with van der Waals surface area (Å²) in [4.78, 5) is 0. The van der Waals surface area contributed by atoms with Gasteiger partial charge in [0.05, 0.1) is 0 Å². The Balaban J connectivity index is 3.04. The zero-order valence-electron chi connectivity index (χ0n) is 10.9. The second-order valence-electron chi connectivity index (χ2n) is 5.44. The Morgan fingerprint density at radius 1 is 1.06 bits per heavy atom. The summed E-state index contributed by atoms with van der Waals surface area (Å²) in [5.74, 6) is -3.47. The van der Waals surface area contributed by atoms with Crippen molar-refractivity contribution in [3.8, 4) is 0 Å². The summed E-state index contributed by atoms with van der Waals surface area (Å²) >= 11 is 0. The maximum absolute atomic E-state index is 13.8. The van der Waals surface area contributed by atoms with Crippen LogP contribution in [0.25, 0.3) is 0 Å². The first kappa shape index (κ1) is 14.1. The van der Waals surface area contributed by atoms with Gasteiger partial charge in [-0.15, -0.1) is 0 Å². The molecular weight excluding hydrogens is 220 g/mol. The van der Waals surface area contributed by atoms with Crippen molar-refractivity contribution < 1.29 is 8.78 Å². The third kappa shape index (κ3) is 2.83. The van der Waals surface area contributed by atoms with Gasteiger partial charge in [0.15, 0.2) is 0 Å². The van der Waals surface area contributed by atoms with Gasteiger partial charge in [-0.25, -0.2) is 8.78 Å². The monoisotopic (exact) mass is 241 g/mol. The fourth-order valence-electron chi connectivity index (χ4n) is 1.59. The van der Waals surface area contributed by atoms with Crippen molar-refractivity contribution >= 4 is 0 Å². The van der Waals surface area contributed by atoms with Crippen LogP contribution in [-0.4, -0.2) is 6.54 Å². The summed E-state index contributed by atoms with van der Waals surface area (Å²) in [6.45, 7) is 7.55. The number of hydrogen-bond donors (Lipinski definition) is 1. The summed E-state index contributed by atoms with van der Waals surface area (Å²) in [5, 5.41) is 0. The maximum atomic E-state index is 13.8. The first-order valence-electron chi connectivity index (χ1n) is 5.90. The predicted molar refractivity (Wildman–Crippen MR) is 67.3 cm³/mol. The average Bonchev–Trinajstić information content (AvgIpc) is 2.29. The molecule has 1 aromatic carbocycles. The first-order valence-corrected chi connectivity index (χ1v) is 5.90. The van der Waals surface area contributed by atoms with Crippen LogP contribution in [0.15, 0.2) is 24.3 Å². The predicted octanol–water partition coefficient (Wildman–Crippen LogP) is 3.67. The van der Waals surface area contributed by atoms with E-state index in [0.717, 1.165) is 5.56 Å². The SMILES string of the molecule is CC(C)C(F)(F)c1ccc(C(C)(C)CN)cc1. The molecule has 0 radical (unpaired) electrons. The van der Waals surface area contributed by atoms with E-state index in [1.54, 1.807) is 12.1 Å². The first-order chi connectivity index (χ1) is 7.71. The van der Waals surface area contributed by atoms with Crippen molar-refractivity contribution in [3.05, 3.63) is 35.4 Å². The van der Waals surface area contributed by atoms with E-state index >= 15 is 0 Å². The molecule has 0 unspecified atom stereocenters. The topological polar surface area (TPSA) is 26.0 Å². The molecule has 0 spiro atoms. The van der Waals surface area contributed by atoms with Gasteiger partial charge in [-0.05, 0) is 5.56 Å². The fourth-order valence-corrected chi connectivity index (χ4v) is 1.59. The fraction of sp³-hybridized carbons (Fsp3) is 0.571. The molecule has 1 rings (SSSR count). The van der Waals surface area contributed by atoms with Crippen LogP contribution < -0.4 is 5.73 Å². The minimum absolute atomic E-state index is 0.0732. The molecule has 17 heavy (non-hydrogen) atoms. The van der Waals surface area contributed by atoms with E-state index in [4.69, 9.17) is 5.73 Å². The molecule has 3 heteroatoms. The molecule has 0 aliphatic rings. The van der Waals surface area contributed by atoms with E-state index in [-0.39, 0.29) is 11.0 Å². The Bertz CT molecular complexity index is 366. The standard InChI is InChI=1S/C14H21F2N/c1-10(2)14(15,16)12-7-5-11(6-8-12)13(3,4)9-17/h5-8,10H,9,17H2,1-4H3. The van der Waals surface area contributed by atoms with Crippen LogP contribution in [0.5, 0.6) is 0 Å². The number of nitrogens with two attached hydrogens (primary N) is 1. The Labute approximate surface area is 102 Å². The Morgan fingerprint density at radius 3 is 1.82 bits per heavy atom. The molecule has 0 aliphatic carbocycles. The zero-order chi connectivity index (χ0) is 13.3. The average molecular weight is 241 g/mol. The second-order valence-corrected chi connectivity index (χ2v) is 5.44. The van der Waals surface area contributed by atoms with E-state index < -0.39 is 11.8 Å². The Hall–Kier alpha value is -0.960. The van der Waals surface area contributed by atoms with Gasteiger partial charge in [-0.1, -0.05) is 52.0 Å². The van der Waals surface area contributed by atoms with Crippen molar-refractivity contribution in [1.29, 1.82) is 0 Å². The molecule has 2 N–H and O–H groups in total. The number of benzene rings is 1. The molecule has 0 heterocycles. The van der Waals surface area contributed by atoms with Crippen molar-refractivity contribution in [1.82, 2.24) is 0 Å². The molecule has 0 amide bonds. The molecule has 96 valence electrons. The quantitative estimate of drug-likeness (QED) is 0.855. The van der Waals surface area contributed by atoms with Gasteiger partial charge in [0, 0.05) is 23.4 Å². The lowest BCUT2D eigenvalue weighted by atomic mass is 9.84. The van der Waals surface area contributed by atoms with Gasteiger partial charge in [-0.2, -0.15) is 0 Å². The summed E-state index contributed by atoms with van der Waals surface area (Å²) < 4.78 is 27.5.